The molecule has 0 bridgehead atoms. The molecule has 0 fully saturated rings. The summed E-state index contributed by atoms with van der Waals surface area (Å²) >= 11 is 0. The van der Waals surface area contributed by atoms with Gasteiger partial charge in [-0.2, -0.15) is 0 Å². The van der Waals surface area contributed by atoms with Crippen LogP contribution in [0.25, 0.3) is 11.5 Å². The van der Waals surface area contributed by atoms with E-state index in [4.69, 9.17) is 9.15 Å². The Balaban J connectivity index is 1.60. The molecule has 0 aliphatic carbocycles. The Kier molecular flexibility index (Phi) is 3.89. The van der Waals surface area contributed by atoms with Crippen molar-refractivity contribution in [1.29, 1.82) is 0 Å². The molecule has 0 radical (unpaired) electrons. The normalized spacial score (nSPS) is 12.7. The molecule has 2 aromatic carbocycles. The summed E-state index contributed by atoms with van der Waals surface area (Å²) in [4.78, 5) is 28.2. The lowest BCUT2D eigenvalue weighted by Crippen LogP contribution is -2.25. The van der Waals surface area contributed by atoms with E-state index in [9.17, 15) is 9.59 Å². The maximum atomic E-state index is 12.6. The highest BCUT2D eigenvalue weighted by Gasteiger charge is 2.18. The predicted octanol–water partition coefficient (Wildman–Crippen LogP) is 3.23. The van der Waals surface area contributed by atoms with Gasteiger partial charge in [0.15, 0.2) is 6.61 Å². The Hall–Kier alpha value is -3.61. The van der Waals surface area contributed by atoms with Gasteiger partial charge in [-0.1, -0.05) is 6.07 Å². The van der Waals surface area contributed by atoms with Crippen LogP contribution in [-0.4, -0.2) is 23.4 Å². The smallest absolute Gasteiger partial charge is 0.262 e. The molecule has 4 rings (SSSR count). The maximum Gasteiger partial charge on any atom is 0.262 e. The van der Waals surface area contributed by atoms with Crippen molar-refractivity contribution in [3.05, 3.63) is 60.0 Å². The molecule has 26 heavy (non-hydrogen) atoms. The van der Waals surface area contributed by atoms with Gasteiger partial charge in [0, 0.05) is 16.8 Å². The first-order valence-corrected chi connectivity index (χ1v) is 7.99. The molecule has 7 nitrogen and oxygen atoms in total. The van der Waals surface area contributed by atoms with E-state index in [1.165, 1.54) is 6.26 Å². The van der Waals surface area contributed by atoms with Crippen LogP contribution in [0.4, 0.5) is 11.4 Å². The molecule has 3 aromatic rings. The number of anilines is 2. The van der Waals surface area contributed by atoms with E-state index in [0.717, 1.165) is 11.1 Å². The van der Waals surface area contributed by atoms with E-state index in [2.05, 4.69) is 15.6 Å². The van der Waals surface area contributed by atoms with Gasteiger partial charge in [-0.05, 0) is 42.8 Å². The molecule has 0 saturated heterocycles. The highest BCUT2D eigenvalue weighted by atomic mass is 16.5. The molecule has 0 spiro atoms. The monoisotopic (exact) mass is 349 g/mol. The van der Waals surface area contributed by atoms with Gasteiger partial charge in [-0.15, -0.1) is 0 Å². The van der Waals surface area contributed by atoms with Gasteiger partial charge in [0.1, 0.15) is 12.0 Å². The summed E-state index contributed by atoms with van der Waals surface area (Å²) in [7, 11) is 0. The Morgan fingerprint density at radius 2 is 2.15 bits per heavy atom. The third-order valence-corrected chi connectivity index (χ3v) is 4.12. The Labute approximate surface area is 149 Å². The average molecular weight is 349 g/mol. The van der Waals surface area contributed by atoms with Crippen molar-refractivity contribution in [2.24, 2.45) is 0 Å². The van der Waals surface area contributed by atoms with Crippen molar-refractivity contribution in [3.63, 3.8) is 0 Å². The number of oxazole rings is 1. The zero-order valence-corrected chi connectivity index (χ0v) is 13.9. The first-order valence-electron chi connectivity index (χ1n) is 7.99. The minimum atomic E-state index is -0.291. The van der Waals surface area contributed by atoms with Crippen LogP contribution in [0.15, 0.2) is 53.3 Å². The summed E-state index contributed by atoms with van der Waals surface area (Å²) in [5, 5.41) is 5.58. The fourth-order valence-electron chi connectivity index (χ4n) is 2.78. The van der Waals surface area contributed by atoms with Gasteiger partial charge in [0.25, 0.3) is 11.8 Å². The van der Waals surface area contributed by atoms with E-state index >= 15 is 0 Å². The lowest BCUT2D eigenvalue weighted by Gasteiger charge is -2.18. The van der Waals surface area contributed by atoms with Crippen LogP contribution < -0.4 is 15.4 Å². The molecule has 0 saturated carbocycles. The molecule has 130 valence electrons. The van der Waals surface area contributed by atoms with Crippen molar-refractivity contribution in [2.45, 2.75) is 6.92 Å². The Morgan fingerprint density at radius 3 is 2.96 bits per heavy atom. The molecular formula is C19H15N3O4. The average Bonchev–Trinajstić information content (AvgIpc) is 3.17. The summed E-state index contributed by atoms with van der Waals surface area (Å²) < 4.78 is 10.6. The molecule has 1 aliphatic rings. The number of hydrogen-bond acceptors (Lipinski definition) is 5. The Morgan fingerprint density at radius 1 is 1.27 bits per heavy atom. The second-order valence-corrected chi connectivity index (χ2v) is 5.82. The molecule has 0 unspecified atom stereocenters. The van der Waals surface area contributed by atoms with E-state index in [1.54, 1.807) is 24.4 Å². The largest absolute Gasteiger partial charge is 0.482 e. The number of benzene rings is 2. The van der Waals surface area contributed by atoms with Crippen LogP contribution >= 0.6 is 0 Å². The molecule has 7 heteroatoms. The zero-order chi connectivity index (χ0) is 18.1. The van der Waals surface area contributed by atoms with Crippen molar-refractivity contribution in [2.75, 3.05) is 17.2 Å². The van der Waals surface area contributed by atoms with Crippen LogP contribution in [0.1, 0.15) is 15.9 Å². The number of amides is 2. The number of nitrogens with one attached hydrogen (secondary N) is 2. The first kappa shape index (κ1) is 15.9. The highest BCUT2D eigenvalue weighted by Crippen LogP contribution is 2.30. The van der Waals surface area contributed by atoms with Crippen molar-refractivity contribution in [3.8, 4) is 17.2 Å². The molecular weight excluding hydrogens is 334 g/mol. The molecule has 2 heterocycles. The number of hydrogen-bond donors (Lipinski definition) is 2. The van der Waals surface area contributed by atoms with Gasteiger partial charge in [0.2, 0.25) is 5.89 Å². The molecule has 2 N–H and O–H groups in total. The second kappa shape index (κ2) is 6.36. The summed E-state index contributed by atoms with van der Waals surface area (Å²) in [6.45, 7) is 1.86. The molecule has 0 atom stereocenters. The topological polar surface area (TPSA) is 93.5 Å². The lowest BCUT2D eigenvalue weighted by molar-refractivity contribution is -0.118. The van der Waals surface area contributed by atoms with Crippen LogP contribution in [0.3, 0.4) is 0 Å². The van der Waals surface area contributed by atoms with Crippen LogP contribution in [0.2, 0.25) is 0 Å². The third kappa shape index (κ3) is 2.90. The van der Waals surface area contributed by atoms with Crippen molar-refractivity contribution < 1.29 is 18.7 Å². The molecule has 1 aromatic heterocycles. The second-order valence-electron chi connectivity index (χ2n) is 5.82. The number of nitrogens with zero attached hydrogens (tertiary/aromatic N) is 1. The predicted molar refractivity (Wildman–Crippen MR) is 95.2 cm³/mol. The SMILES string of the molecule is Cc1c(NC(=O)c2ccc3c(c2)NC(=O)CO3)cccc1-c1ncco1. The van der Waals surface area contributed by atoms with Gasteiger partial charge in [0.05, 0.1) is 11.9 Å². The highest BCUT2D eigenvalue weighted by molar-refractivity contribution is 6.06. The van der Waals surface area contributed by atoms with E-state index in [0.29, 0.717) is 28.6 Å². The first-order chi connectivity index (χ1) is 12.6. The lowest BCUT2D eigenvalue weighted by atomic mass is 10.1. The van der Waals surface area contributed by atoms with E-state index in [-0.39, 0.29) is 18.4 Å². The quantitative estimate of drug-likeness (QED) is 0.757. The van der Waals surface area contributed by atoms with Gasteiger partial charge >= 0.3 is 0 Å². The summed E-state index contributed by atoms with van der Waals surface area (Å²) in [6.07, 6.45) is 3.08. The number of fused-ring (bicyclic) bond motifs is 1. The van der Waals surface area contributed by atoms with E-state index < -0.39 is 0 Å². The van der Waals surface area contributed by atoms with Crippen LogP contribution in [0, 0.1) is 6.92 Å². The van der Waals surface area contributed by atoms with Crippen LogP contribution in [-0.2, 0) is 4.79 Å². The summed E-state index contributed by atoms with van der Waals surface area (Å²) in [5.74, 6) is 0.500. The van der Waals surface area contributed by atoms with Crippen molar-refractivity contribution in [1.82, 2.24) is 4.98 Å². The fourth-order valence-corrected chi connectivity index (χ4v) is 2.78. The molecule has 1 aliphatic heterocycles. The van der Waals surface area contributed by atoms with Gasteiger partial charge in [-0.25, -0.2) is 4.98 Å². The number of aromatic nitrogens is 1. The summed E-state index contributed by atoms with van der Waals surface area (Å²) in [5.41, 5.74) is 3.20. The van der Waals surface area contributed by atoms with Crippen molar-refractivity contribution >= 4 is 23.2 Å². The zero-order valence-electron chi connectivity index (χ0n) is 13.9. The van der Waals surface area contributed by atoms with Gasteiger partial charge in [-0.3, -0.25) is 9.59 Å². The van der Waals surface area contributed by atoms with E-state index in [1.807, 2.05) is 25.1 Å². The minimum Gasteiger partial charge on any atom is -0.482 e. The maximum absolute atomic E-state index is 12.6. The standard InChI is InChI=1S/C19H15N3O4/c1-11-13(19-20-7-8-25-19)3-2-4-14(11)22-18(24)12-5-6-16-15(9-12)21-17(23)10-26-16/h2-9H,10H2,1H3,(H,21,23)(H,22,24). The third-order valence-electron chi connectivity index (χ3n) is 4.12. The number of rotatable bonds is 3. The molecule has 2 amide bonds. The van der Waals surface area contributed by atoms with Gasteiger partial charge < -0.3 is 19.8 Å². The summed E-state index contributed by atoms with van der Waals surface area (Å²) in [6, 6.07) is 10.4. The number of carbonyl (C=O) groups excluding carboxylic acids is 2. The number of carbonyl (C=O) groups is 2. The van der Waals surface area contributed by atoms with Crippen LogP contribution in [0.5, 0.6) is 5.75 Å². The fraction of sp³-hybridized carbons (Fsp3) is 0.105. The Bertz CT molecular complexity index is 996. The minimum absolute atomic E-state index is 0.0225. The number of ether oxygens (including phenoxy) is 1.